The Morgan fingerprint density at radius 3 is 2.67 bits per heavy atom. The highest BCUT2D eigenvalue weighted by molar-refractivity contribution is 6.12. The molecule has 0 aromatic carbocycles. The number of hydrogen-bond acceptors (Lipinski definition) is 3. The van der Waals surface area contributed by atoms with Gasteiger partial charge in [0, 0.05) is 7.05 Å². The minimum Gasteiger partial charge on any atom is -0.313 e. The highest BCUT2D eigenvalue weighted by Crippen LogP contribution is 1.40. The lowest BCUT2D eigenvalue weighted by Crippen LogP contribution is -1.93. The molecule has 3 heteroatoms. The van der Waals surface area contributed by atoms with Crippen LogP contribution in [0.5, 0.6) is 0 Å². The molecule has 34 valence electrons. The Bertz CT molecular complexity index is 59.8. The molecule has 0 bridgehead atoms. The predicted molar refractivity (Wildman–Crippen MR) is 23.6 cm³/mol. The van der Waals surface area contributed by atoms with Crippen molar-refractivity contribution in [1.29, 1.82) is 0 Å². The minimum absolute atomic E-state index is 0.608. The van der Waals surface area contributed by atoms with E-state index in [4.69, 9.17) is 0 Å². The number of aldehydes is 1. The molecule has 0 heterocycles. The third-order valence-electron chi connectivity index (χ3n) is 0.264. The summed E-state index contributed by atoms with van der Waals surface area (Å²) in [5.41, 5.74) is 2.41. The molecule has 0 aromatic rings. The predicted octanol–water partition coefficient (Wildman–Crippen LogP) is -0.610. The van der Waals surface area contributed by atoms with E-state index in [0.29, 0.717) is 6.29 Å². The summed E-state index contributed by atoms with van der Waals surface area (Å²) in [7, 11) is 1.62. The number of hydrazone groups is 1. The first-order chi connectivity index (χ1) is 2.91. The van der Waals surface area contributed by atoms with Gasteiger partial charge in [0.1, 0.15) is 0 Å². The molecule has 0 atom stereocenters. The average Bonchev–Trinajstić information content (AvgIpc) is 1.61. The summed E-state index contributed by atoms with van der Waals surface area (Å²) in [5, 5.41) is 3.35. The zero-order valence-electron chi connectivity index (χ0n) is 3.51. The Hall–Kier alpha value is -0.860. The second-order valence-corrected chi connectivity index (χ2v) is 0.638. The summed E-state index contributed by atoms with van der Waals surface area (Å²) < 4.78 is 0. The fourth-order valence-electron chi connectivity index (χ4n) is 0.105. The molecule has 0 saturated heterocycles. The molecule has 0 aromatic heterocycles. The molecule has 0 rings (SSSR count). The smallest absolute Gasteiger partial charge is 0.162 e. The van der Waals surface area contributed by atoms with Gasteiger partial charge in [-0.15, -0.1) is 0 Å². The van der Waals surface area contributed by atoms with Gasteiger partial charge >= 0.3 is 0 Å². The van der Waals surface area contributed by atoms with E-state index >= 15 is 0 Å². The van der Waals surface area contributed by atoms with Crippen molar-refractivity contribution >= 4 is 12.5 Å². The lowest BCUT2D eigenvalue weighted by molar-refractivity contribution is -0.102. The van der Waals surface area contributed by atoms with E-state index in [9.17, 15) is 4.79 Å². The highest BCUT2D eigenvalue weighted by atomic mass is 16.1. The van der Waals surface area contributed by atoms with Crippen LogP contribution >= 0.6 is 0 Å². The van der Waals surface area contributed by atoms with Crippen molar-refractivity contribution in [3.05, 3.63) is 0 Å². The summed E-state index contributed by atoms with van der Waals surface area (Å²) in [5.74, 6) is 0. The Morgan fingerprint density at radius 1 is 1.83 bits per heavy atom. The zero-order valence-corrected chi connectivity index (χ0v) is 3.51. The van der Waals surface area contributed by atoms with E-state index in [1.807, 2.05) is 0 Å². The van der Waals surface area contributed by atoms with Crippen LogP contribution < -0.4 is 5.43 Å². The summed E-state index contributed by atoms with van der Waals surface area (Å²) in [4.78, 5) is 9.37. The minimum atomic E-state index is 0.608. The van der Waals surface area contributed by atoms with Crippen LogP contribution in [0.1, 0.15) is 0 Å². The summed E-state index contributed by atoms with van der Waals surface area (Å²) in [6.45, 7) is 0. The topological polar surface area (TPSA) is 41.5 Å². The number of rotatable bonds is 2. The first kappa shape index (κ1) is 5.14. The third kappa shape index (κ3) is 3.14. The van der Waals surface area contributed by atoms with Crippen molar-refractivity contribution in [2.24, 2.45) is 5.10 Å². The van der Waals surface area contributed by atoms with Gasteiger partial charge in [-0.1, -0.05) is 0 Å². The molecule has 0 spiro atoms. The molecule has 0 aliphatic carbocycles. The van der Waals surface area contributed by atoms with E-state index in [-0.39, 0.29) is 0 Å². The molecule has 6 heavy (non-hydrogen) atoms. The SMILES string of the molecule is CNN=CC=O. The number of carbonyl (C=O) groups excluding carboxylic acids is 1. The van der Waals surface area contributed by atoms with Crippen molar-refractivity contribution in [2.45, 2.75) is 0 Å². The fraction of sp³-hybridized carbons (Fsp3) is 0.333. The fourth-order valence-corrected chi connectivity index (χ4v) is 0.105. The average molecular weight is 86.1 g/mol. The second kappa shape index (κ2) is 4.14. The molecular formula is C3H6N2O. The van der Waals surface area contributed by atoms with Crippen LogP contribution in [0.15, 0.2) is 5.10 Å². The lowest BCUT2D eigenvalue weighted by Gasteiger charge is -1.75. The quantitative estimate of drug-likeness (QED) is 0.277. The molecule has 0 aliphatic heterocycles. The van der Waals surface area contributed by atoms with Gasteiger partial charge in [0.2, 0.25) is 0 Å². The van der Waals surface area contributed by atoms with Gasteiger partial charge in [0.05, 0.1) is 6.21 Å². The monoisotopic (exact) mass is 86.0 g/mol. The van der Waals surface area contributed by atoms with Crippen LogP contribution in [-0.4, -0.2) is 19.5 Å². The zero-order chi connectivity index (χ0) is 4.83. The van der Waals surface area contributed by atoms with Crippen LogP contribution in [-0.2, 0) is 4.79 Å². The van der Waals surface area contributed by atoms with Crippen LogP contribution in [0.25, 0.3) is 0 Å². The maximum Gasteiger partial charge on any atom is 0.162 e. The Labute approximate surface area is 36.0 Å². The molecule has 0 fully saturated rings. The standard InChI is InChI=1S/C3H6N2O/c1-4-5-2-3-6/h2-4H,1H3. The summed E-state index contributed by atoms with van der Waals surface area (Å²) in [6.07, 6.45) is 1.75. The molecular weight excluding hydrogens is 80.0 g/mol. The van der Waals surface area contributed by atoms with Crippen molar-refractivity contribution in [3.8, 4) is 0 Å². The van der Waals surface area contributed by atoms with E-state index in [1.54, 1.807) is 7.05 Å². The Balaban J connectivity index is 2.94. The summed E-state index contributed by atoms with van der Waals surface area (Å²) >= 11 is 0. The van der Waals surface area contributed by atoms with Gasteiger partial charge < -0.3 is 5.43 Å². The second-order valence-electron chi connectivity index (χ2n) is 0.638. The van der Waals surface area contributed by atoms with Crippen molar-refractivity contribution in [2.75, 3.05) is 7.05 Å². The van der Waals surface area contributed by atoms with Crippen molar-refractivity contribution in [3.63, 3.8) is 0 Å². The Morgan fingerprint density at radius 2 is 2.50 bits per heavy atom. The maximum atomic E-state index is 9.37. The van der Waals surface area contributed by atoms with Crippen LogP contribution in [0.2, 0.25) is 0 Å². The van der Waals surface area contributed by atoms with Crippen LogP contribution in [0.3, 0.4) is 0 Å². The molecule has 0 radical (unpaired) electrons. The van der Waals surface area contributed by atoms with Gasteiger partial charge in [-0.05, 0) is 0 Å². The van der Waals surface area contributed by atoms with Gasteiger partial charge in [-0.2, -0.15) is 5.10 Å². The van der Waals surface area contributed by atoms with Gasteiger partial charge in [0.15, 0.2) is 6.29 Å². The van der Waals surface area contributed by atoms with E-state index in [1.165, 1.54) is 0 Å². The van der Waals surface area contributed by atoms with E-state index in [0.717, 1.165) is 6.21 Å². The van der Waals surface area contributed by atoms with Crippen molar-refractivity contribution in [1.82, 2.24) is 5.43 Å². The number of nitrogens with one attached hydrogen (secondary N) is 1. The molecule has 1 N–H and O–H groups in total. The van der Waals surface area contributed by atoms with E-state index < -0.39 is 0 Å². The Kier molecular flexibility index (Phi) is 3.55. The van der Waals surface area contributed by atoms with Crippen LogP contribution in [0.4, 0.5) is 0 Å². The molecule has 0 unspecified atom stereocenters. The normalized spacial score (nSPS) is 8.83. The first-order valence-corrected chi connectivity index (χ1v) is 1.55. The van der Waals surface area contributed by atoms with Gasteiger partial charge in [0.25, 0.3) is 0 Å². The first-order valence-electron chi connectivity index (χ1n) is 1.55. The molecule has 3 nitrogen and oxygen atoms in total. The van der Waals surface area contributed by atoms with Crippen LogP contribution in [0, 0.1) is 0 Å². The number of hydrogen-bond donors (Lipinski definition) is 1. The van der Waals surface area contributed by atoms with Crippen molar-refractivity contribution < 1.29 is 4.79 Å². The highest BCUT2D eigenvalue weighted by Gasteiger charge is 1.55. The molecule has 0 amide bonds. The third-order valence-corrected chi connectivity index (χ3v) is 0.264. The molecule has 0 saturated carbocycles. The number of nitrogens with zero attached hydrogens (tertiary/aromatic N) is 1. The number of carbonyl (C=O) groups is 1. The van der Waals surface area contributed by atoms with E-state index in [2.05, 4.69) is 10.5 Å². The lowest BCUT2D eigenvalue weighted by atomic mass is 10.9. The summed E-state index contributed by atoms with van der Waals surface area (Å²) in [6, 6.07) is 0. The van der Waals surface area contributed by atoms with Gasteiger partial charge in [-0.25, -0.2) is 0 Å². The van der Waals surface area contributed by atoms with Gasteiger partial charge in [-0.3, -0.25) is 4.79 Å². The molecule has 0 aliphatic rings. The maximum absolute atomic E-state index is 9.37. The largest absolute Gasteiger partial charge is 0.313 e.